The molecule has 0 radical (unpaired) electrons. The maximum atomic E-state index is 13.0. The summed E-state index contributed by atoms with van der Waals surface area (Å²) in [5, 5.41) is 5.70. The number of esters is 1. The monoisotopic (exact) mass is 493 g/mol. The molecule has 0 aliphatic heterocycles. The second-order valence-corrected chi connectivity index (χ2v) is 9.32. The zero-order valence-corrected chi connectivity index (χ0v) is 20.6. The summed E-state index contributed by atoms with van der Waals surface area (Å²) in [7, 11) is 0. The zero-order valence-electron chi connectivity index (χ0n) is 19.8. The van der Waals surface area contributed by atoms with Crippen LogP contribution in [0.4, 0.5) is 5.13 Å². The van der Waals surface area contributed by atoms with Gasteiger partial charge in [-0.1, -0.05) is 77.9 Å². The first-order valence-corrected chi connectivity index (χ1v) is 12.3. The lowest BCUT2D eigenvalue weighted by Gasteiger charge is -2.10. The summed E-state index contributed by atoms with van der Waals surface area (Å²) >= 11 is 1.32. The molecule has 0 aliphatic rings. The third-order valence-electron chi connectivity index (χ3n) is 5.72. The average molecular weight is 494 g/mol. The van der Waals surface area contributed by atoms with Crippen LogP contribution in [0.2, 0.25) is 0 Å². The van der Waals surface area contributed by atoms with Gasteiger partial charge in [-0.05, 0) is 26.0 Å². The van der Waals surface area contributed by atoms with E-state index in [0.717, 1.165) is 27.9 Å². The van der Waals surface area contributed by atoms with Gasteiger partial charge in [0.1, 0.15) is 0 Å². The van der Waals surface area contributed by atoms with E-state index in [2.05, 4.69) is 10.3 Å². The van der Waals surface area contributed by atoms with Crippen molar-refractivity contribution in [2.75, 3.05) is 11.9 Å². The van der Waals surface area contributed by atoms with Gasteiger partial charge in [0.2, 0.25) is 0 Å². The molecule has 1 amide bonds. The number of anilines is 1. The van der Waals surface area contributed by atoms with Crippen LogP contribution in [-0.2, 0) is 9.53 Å². The molecule has 36 heavy (non-hydrogen) atoms. The summed E-state index contributed by atoms with van der Waals surface area (Å²) in [6, 6.07) is 25.0. The summed E-state index contributed by atoms with van der Waals surface area (Å²) in [6.45, 7) is 3.62. The molecular weight excluding hydrogens is 470 g/mol. The highest BCUT2D eigenvalue weighted by molar-refractivity contribution is 7.14. The van der Waals surface area contributed by atoms with Gasteiger partial charge in [-0.2, -0.15) is 0 Å². The molecule has 0 atom stereocenters. The number of nitrogens with one attached hydrogen (secondary N) is 1. The van der Waals surface area contributed by atoms with Crippen molar-refractivity contribution >= 4 is 39.2 Å². The number of carbonyl (C=O) groups excluding carboxylic acids is 2. The normalized spacial score (nSPS) is 10.8. The van der Waals surface area contributed by atoms with E-state index in [0.29, 0.717) is 27.3 Å². The van der Waals surface area contributed by atoms with Gasteiger partial charge in [-0.3, -0.25) is 10.1 Å². The Hall–Kier alpha value is -4.36. The van der Waals surface area contributed by atoms with Crippen LogP contribution in [0.15, 0.2) is 84.2 Å². The van der Waals surface area contributed by atoms with E-state index in [1.165, 1.54) is 11.3 Å². The summed E-state index contributed by atoms with van der Waals surface area (Å²) in [5.41, 5.74) is 6.65. The number of aromatic nitrogens is 2. The van der Waals surface area contributed by atoms with Gasteiger partial charge in [-0.15, -0.1) is 11.3 Å². The molecule has 0 saturated carbocycles. The molecule has 6 nitrogen and oxygen atoms in total. The lowest BCUT2D eigenvalue weighted by Crippen LogP contribution is -2.21. The molecule has 1 N–H and O–H groups in total. The molecule has 2 aromatic heterocycles. The summed E-state index contributed by atoms with van der Waals surface area (Å²) in [6.07, 6.45) is 0. The summed E-state index contributed by atoms with van der Waals surface area (Å²) in [5.74, 6) is -1.04. The molecule has 0 aliphatic carbocycles. The van der Waals surface area contributed by atoms with Crippen LogP contribution in [0, 0.1) is 13.8 Å². The van der Waals surface area contributed by atoms with Crippen molar-refractivity contribution in [1.82, 2.24) is 9.97 Å². The molecule has 5 aromatic rings. The second-order valence-electron chi connectivity index (χ2n) is 8.47. The van der Waals surface area contributed by atoms with Gasteiger partial charge in [0.15, 0.2) is 11.7 Å². The Balaban J connectivity index is 1.30. The van der Waals surface area contributed by atoms with E-state index >= 15 is 0 Å². The molecule has 0 spiro atoms. The van der Waals surface area contributed by atoms with Crippen molar-refractivity contribution < 1.29 is 14.3 Å². The number of ether oxygens (including phenoxy) is 1. The fourth-order valence-electron chi connectivity index (χ4n) is 3.77. The zero-order chi connectivity index (χ0) is 25.1. The largest absolute Gasteiger partial charge is 0.452 e. The predicted octanol–water partition coefficient (Wildman–Crippen LogP) is 6.44. The molecule has 178 valence electrons. The Labute approximate surface area is 212 Å². The molecule has 0 fully saturated rings. The van der Waals surface area contributed by atoms with E-state index in [-0.39, 0.29) is 0 Å². The van der Waals surface area contributed by atoms with E-state index < -0.39 is 18.5 Å². The van der Waals surface area contributed by atoms with Crippen LogP contribution in [0.1, 0.15) is 21.5 Å². The molecule has 0 bridgehead atoms. The first kappa shape index (κ1) is 23.4. The molecule has 5 rings (SSSR count). The summed E-state index contributed by atoms with van der Waals surface area (Å²) < 4.78 is 5.38. The number of amides is 1. The highest BCUT2D eigenvalue weighted by Crippen LogP contribution is 2.27. The number of para-hydroxylation sites is 1. The fraction of sp³-hybridized carbons (Fsp3) is 0.103. The van der Waals surface area contributed by atoms with Crippen molar-refractivity contribution in [3.8, 4) is 22.5 Å². The van der Waals surface area contributed by atoms with Crippen molar-refractivity contribution in [2.45, 2.75) is 13.8 Å². The maximum Gasteiger partial charge on any atom is 0.339 e. The Morgan fingerprint density at radius 3 is 2.17 bits per heavy atom. The Morgan fingerprint density at radius 1 is 0.833 bits per heavy atom. The third kappa shape index (κ3) is 5.16. The third-order valence-corrected chi connectivity index (χ3v) is 6.47. The number of hydrogen-bond acceptors (Lipinski definition) is 6. The van der Waals surface area contributed by atoms with Crippen molar-refractivity contribution in [3.05, 3.63) is 101 Å². The molecular formula is C29H23N3O3S. The Kier molecular flexibility index (Phi) is 6.56. The van der Waals surface area contributed by atoms with E-state index in [9.17, 15) is 9.59 Å². The SMILES string of the molecule is Cc1ccc(-c2csc(NC(=O)COC(=O)c3cc(-c4ccc(C)cc4)nc4ccccc34)n2)cc1. The highest BCUT2D eigenvalue weighted by atomic mass is 32.1. The van der Waals surface area contributed by atoms with Gasteiger partial charge in [0, 0.05) is 21.9 Å². The van der Waals surface area contributed by atoms with E-state index in [4.69, 9.17) is 9.72 Å². The summed E-state index contributed by atoms with van der Waals surface area (Å²) in [4.78, 5) is 34.7. The van der Waals surface area contributed by atoms with E-state index in [1.54, 1.807) is 6.07 Å². The first-order valence-electron chi connectivity index (χ1n) is 11.4. The first-order chi connectivity index (χ1) is 17.5. The van der Waals surface area contributed by atoms with Gasteiger partial charge in [0.05, 0.1) is 22.5 Å². The smallest absolute Gasteiger partial charge is 0.339 e. The number of benzene rings is 3. The quantitative estimate of drug-likeness (QED) is 0.275. The predicted molar refractivity (Wildman–Crippen MR) is 143 cm³/mol. The van der Waals surface area contributed by atoms with Crippen LogP contribution in [0.25, 0.3) is 33.4 Å². The van der Waals surface area contributed by atoms with Gasteiger partial charge in [-0.25, -0.2) is 14.8 Å². The molecule has 0 unspecified atom stereocenters. The number of carbonyl (C=O) groups is 2. The van der Waals surface area contributed by atoms with Crippen molar-refractivity contribution in [2.24, 2.45) is 0 Å². The number of fused-ring (bicyclic) bond motifs is 1. The Bertz CT molecular complexity index is 1560. The standard InChI is InChI=1S/C29H23N3O3S/c1-18-7-11-20(12-8-18)25-15-23(22-5-3-4-6-24(22)30-25)28(34)35-16-27(33)32-29-31-26(17-36-29)21-13-9-19(2)10-14-21/h3-15,17H,16H2,1-2H3,(H,31,32,33). The minimum Gasteiger partial charge on any atom is -0.452 e. The van der Waals surface area contributed by atoms with Crippen molar-refractivity contribution in [1.29, 1.82) is 0 Å². The number of rotatable bonds is 6. The fourth-order valence-corrected chi connectivity index (χ4v) is 4.50. The topological polar surface area (TPSA) is 81.2 Å². The van der Waals surface area contributed by atoms with Crippen LogP contribution in [0.5, 0.6) is 0 Å². The number of aryl methyl sites for hydroxylation is 2. The molecule has 3 aromatic carbocycles. The molecule has 0 saturated heterocycles. The van der Waals surface area contributed by atoms with Crippen LogP contribution in [-0.4, -0.2) is 28.5 Å². The number of nitrogens with zero attached hydrogens (tertiary/aromatic N) is 2. The lowest BCUT2D eigenvalue weighted by atomic mass is 10.0. The molecule has 7 heteroatoms. The molecule has 2 heterocycles. The van der Waals surface area contributed by atoms with Crippen LogP contribution < -0.4 is 5.32 Å². The lowest BCUT2D eigenvalue weighted by molar-refractivity contribution is -0.119. The number of hydrogen-bond donors (Lipinski definition) is 1. The van der Waals surface area contributed by atoms with Gasteiger partial charge in [0.25, 0.3) is 5.91 Å². The number of thiazole rings is 1. The minimum absolute atomic E-state index is 0.361. The van der Waals surface area contributed by atoms with Gasteiger partial charge >= 0.3 is 5.97 Å². The highest BCUT2D eigenvalue weighted by Gasteiger charge is 2.17. The van der Waals surface area contributed by atoms with Crippen LogP contribution in [0.3, 0.4) is 0 Å². The Morgan fingerprint density at radius 2 is 1.47 bits per heavy atom. The van der Waals surface area contributed by atoms with Gasteiger partial charge < -0.3 is 4.74 Å². The maximum absolute atomic E-state index is 13.0. The minimum atomic E-state index is -0.586. The van der Waals surface area contributed by atoms with Crippen molar-refractivity contribution in [3.63, 3.8) is 0 Å². The van der Waals surface area contributed by atoms with Crippen LogP contribution >= 0.6 is 11.3 Å². The number of pyridine rings is 1. The second kappa shape index (κ2) is 10.1. The average Bonchev–Trinajstić information content (AvgIpc) is 3.35. The van der Waals surface area contributed by atoms with E-state index in [1.807, 2.05) is 92.0 Å².